The van der Waals surface area contributed by atoms with Gasteiger partial charge in [0.25, 0.3) is 0 Å². The predicted octanol–water partition coefficient (Wildman–Crippen LogP) is -2.62. The van der Waals surface area contributed by atoms with Crippen LogP contribution in [-0.2, 0) is 30.4 Å². The van der Waals surface area contributed by atoms with Crippen molar-refractivity contribution < 1.29 is 29.1 Å². The molecule has 0 spiro atoms. The SMILES string of the molecule is CSCCC(NC(=O)C(CC(N)=O)NC(=O)C(CS)NC(=O)C(N)Cc1cnc[nH]1)C(=O)O. The van der Waals surface area contributed by atoms with E-state index in [-0.39, 0.29) is 18.6 Å². The van der Waals surface area contributed by atoms with Crippen molar-refractivity contribution in [2.45, 2.75) is 43.4 Å². The van der Waals surface area contributed by atoms with Gasteiger partial charge in [0.15, 0.2) is 0 Å². The number of rotatable bonds is 15. The second-order valence-corrected chi connectivity index (χ2v) is 8.39. The Kier molecular flexibility index (Phi) is 12.3. The van der Waals surface area contributed by atoms with Crippen LogP contribution in [0.5, 0.6) is 0 Å². The first-order chi connectivity index (χ1) is 15.6. The third-order valence-corrected chi connectivity index (χ3v) is 5.42. The standard InChI is InChI=1S/C18H29N7O6S2/c1-33-3-2-11(18(30)31)23-16(28)12(5-14(20)26)24-17(29)13(7-32)25-15(27)10(19)4-9-6-21-8-22-9/h6,8,10-13,32H,2-5,7,19H2,1H3,(H2,20,26)(H,21,22)(H,23,28)(H,24,29)(H,25,27)(H,30,31). The maximum atomic E-state index is 12.7. The third kappa shape index (κ3) is 10.1. The van der Waals surface area contributed by atoms with E-state index in [9.17, 15) is 29.1 Å². The monoisotopic (exact) mass is 503 g/mol. The molecule has 0 fully saturated rings. The van der Waals surface area contributed by atoms with Crippen LogP contribution in [-0.4, -0.2) is 86.6 Å². The zero-order chi connectivity index (χ0) is 25.0. The number of aromatic amines is 1. The average molecular weight is 504 g/mol. The van der Waals surface area contributed by atoms with Gasteiger partial charge in [-0.15, -0.1) is 0 Å². The minimum atomic E-state index is -1.44. The number of nitrogens with zero attached hydrogens (tertiary/aromatic N) is 1. The van der Waals surface area contributed by atoms with Gasteiger partial charge in [0.2, 0.25) is 23.6 Å². The quantitative estimate of drug-likeness (QED) is 0.117. The molecule has 9 N–H and O–H groups in total. The van der Waals surface area contributed by atoms with Crippen LogP contribution in [0.3, 0.4) is 0 Å². The van der Waals surface area contributed by atoms with E-state index >= 15 is 0 Å². The molecule has 1 aromatic rings. The van der Waals surface area contributed by atoms with Gasteiger partial charge in [0.1, 0.15) is 18.1 Å². The van der Waals surface area contributed by atoms with Crippen LogP contribution >= 0.6 is 24.4 Å². The van der Waals surface area contributed by atoms with Crippen molar-refractivity contribution in [2.24, 2.45) is 11.5 Å². The van der Waals surface area contributed by atoms with E-state index in [1.165, 1.54) is 24.3 Å². The predicted molar refractivity (Wildman–Crippen MR) is 124 cm³/mol. The fraction of sp³-hybridized carbons (Fsp3) is 0.556. The van der Waals surface area contributed by atoms with Crippen LogP contribution in [0.25, 0.3) is 0 Å². The molecule has 184 valence electrons. The molecule has 0 saturated carbocycles. The van der Waals surface area contributed by atoms with E-state index in [0.717, 1.165) is 0 Å². The first kappa shape index (κ1) is 28.3. The summed E-state index contributed by atoms with van der Waals surface area (Å²) in [5.41, 5.74) is 11.6. The number of carbonyl (C=O) groups is 5. The first-order valence-corrected chi connectivity index (χ1v) is 11.9. The van der Waals surface area contributed by atoms with Crippen molar-refractivity contribution in [3.05, 3.63) is 18.2 Å². The summed E-state index contributed by atoms with van der Waals surface area (Å²) >= 11 is 5.44. The molecule has 33 heavy (non-hydrogen) atoms. The lowest BCUT2D eigenvalue weighted by Gasteiger charge is -2.24. The lowest BCUT2D eigenvalue weighted by atomic mass is 10.1. The molecule has 0 radical (unpaired) electrons. The van der Waals surface area contributed by atoms with Gasteiger partial charge in [0.05, 0.1) is 18.8 Å². The molecule has 4 atom stereocenters. The molecule has 13 nitrogen and oxygen atoms in total. The second kappa shape index (κ2) is 14.4. The Labute approximate surface area is 200 Å². The maximum absolute atomic E-state index is 12.7. The van der Waals surface area contributed by atoms with Gasteiger partial charge >= 0.3 is 5.97 Å². The number of aliphatic carboxylic acids is 1. The number of amides is 4. The summed E-state index contributed by atoms with van der Waals surface area (Å²) in [6.45, 7) is 0. The highest BCUT2D eigenvalue weighted by molar-refractivity contribution is 7.98. The van der Waals surface area contributed by atoms with Gasteiger partial charge in [-0.2, -0.15) is 24.4 Å². The summed E-state index contributed by atoms with van der Waals surface area (Å²) in [7, 11) is 0. The molecule has 1 rings (SSSR count). The number of thiol groups is 1. The van der Waals surface area contributed by atoms with Crippen LogP contribution in [0.4, 0.5) is 0 Å². The fourth-order valence-electron chi connectivity index (χ4n) is 2.65. The van der Waals surface area contributed by atoms with E-state index in [4.69, 9.17) is 11.5 Å². The Balaban J connectivity index is 2.80. The van der Waals surface area contributed by atoms with Crippen molar-refractivity contribution in [1.82, 2.24) is 25.9 Å². The number of carboxylic acid groups (broad SMARTS) is 1. The number of hydrogen-bond acceptors (Lipinski definition) is 9. The number of nitrogens with two attached hydrogens (primary N) is 2. The molecule has 0 aliphatic heterocycles. The summed E-state index contributed by atoms with van der Waals surface area (Å²) in [6.07, 6.45) is 4.44. The lowest BCUT2D eigenvalue weighted by Crippen LogP contribution is -2.58. The van der Waals surface area contributed by atoms with E-state index in [1.807, 2.05) is 0 Å². The van der Waals surface area contributed by atoms with Crippen LogP contribution in [0, 0.1) is 0 Å². The van der Waals surface area contributed by atoms with Crippen molar-refractivity contribution in [2.75, 3.05) is 17.8 Å². The molecular weight excluding hydrogens is 474 g/mol. The van der Waals surface area contributed by atoms with E-state index in [1.54, 1.807) is 6.26 Å². The number of carbonyl (C=O) groups excluding carboxylic acids is 4. The maximum Gasteiger partial charge on any atom is 0.326 e. The molecule has 4 unspecified atom stereocenters. The van der Waals surface area contributed by atoms with E-state index in [0.29, 0.717) is 11.4 Å². The number of hydrogen-bond donors (Lipinski definition) is 8. The highest BCUT2D eigenvalue weighted by Crippen LogP contribution is 2.04. The largest absolute Gasteiger partial charge is 0.480 e. The number of aromatic nitrogens is 2. The Morgan fingerprint density at radius 3 is 2.24 bits per heavy atom. The molecule has 0 bridgehead atoms. The lowest BCUT2D eigenvalue weighted by molar-refractivity contribution is -0.142. The zero-order valence-electron chi connectivity index (χ0n) is 17.9. The smallest absolute Gasteiger partial charge is 0.326 e. The fourth-order valence-corrected chi connectivity index (χ4v) is 3.38. The minimum absolute atomic E-state index is 0.134. The highest BCUT2D eigenvalue weighted by Gasteiger charge is 2.30. The van der Waals surface area contributed by atoms with E-state index < -0.39 is 60.2 Å². The Morgan fingerprint density at radius 2 is 1.73 bits per heavy atom. The molecular formula is C18H29N7O6S2. The molecule has 1 heterocycles. The Hall–Kier alpha value is -2.78. The molecule has 4 amide bonds. The van der Waals surface area contributed by atoms with E-state index in [2.05, 4.69) is 38.5 Å². The molecule has 0 aliphatic carbocycles. The van der Waals surface area contributed by atoms with Gasteiger partial charge < -0.3 is 37.5 Å². The highest BCUT2D eigenvalue weighted by atomic mass is 32.2. The number of primary amides is 1. The Morgan fingerprint density at radius 1 is 1.12 bits per heavy atom. The summed E-state index contributed by atoms with van der Waals surface area (Å²) in [5.74, 6) is -4.16. The van der Waals surface area contributed by atoms with Crippen molar-refractivity contribution >= 4 is 54.0 Å². The van der Waals surface area contributed by atoms with Crippen molar-refractivity contribution in [3.8, 4) is 0 Å². The summed E-state index contributed by atoms with van der Waals surface area (Å²) in [6, 6.07) is -4.82. The zero-order valence-corrected chi connectivity index (χ0v) is 19.7. The van der Waals surface area contributed by atoms with Crippen molar-refractivity contribution in [3.63, 3.8) is 0 Å². The molecule has 1 aromatic heterocycles. The summed E-state index contributed by atoms with van der Waals surface area (Å²) < 4.78 is 0. The number of nitrogens with one attached hydrogen (secondary N) is 4. The van der Waals surface area contributed by atoms with Crippen LogP contribution in [0.2, 0.25) is 0 Å². The summed E-state index contributed by atoms with van der Waals surface area (Å²) in [5, 5.41) is 16.3. The second-order valence-electron chi connectivity index (χ2n) is 7.04. The summed E-state index contributed by atoms with van der Waals surface area (Å²) in [4.78, 5) is 67.0. The van der Waals surface area contributed by atoms with Gasteiger partial charge in [-0.1, -0.05) is 0 Å². The average Bonchev–Trinajstić information content (AvgIpc) is 3.26. The van der Waals surface area contributed by atoms with Crippen LogP contribution < -0.4 is 27.4 Å². The normalized spacial score (nSPS) is 14.4. The van der Waals surface area contributed by atoms with Crippen LogP contribution in [0.15, 0.2) is 12.5 Å². The van der Waals surface area contributed by atoms with Gasteiger partial charge in [-0.3, -0.25) is 19.2 Å². The van der Waals surface area contributed by atoms with Gasteiger partial charge in [-0.05, 0) is 18.4 Å². The number of imidazole rings is 1. The number of thioether (sulfide) groups is 1. The minimum Gasteiger partial charge on any atom is -0.480 e. The molecule has 0 saturated heterocycles. The topological polar surface area (TPSA) is 222 Å². The first-order valence-electron chi connectivity index (χ1n) is 9.83. The molecule has 0 aliphatic rings. The number of H-pyrrole nitrogens is 1. The number of carboxylic acids is 1. The molecule has 15 heteroatoms. The van der Waals surface area contributed by atoms with Gasteiger partial charge in [-0.25, -0.2) is 9.78 Å². The Bertz CT molecular complexity index is 823. The van der Waals surface area contributed by atoms with Crippen molar-refractivity contribution in [1.29, 1.82) is 0 Å². The van der Waals surface area contributed by atoms with Crippen LogP contribution in [0.1, 0.15) is 18.5 Å². The molecule has 0 aromatic carbocycles. The van der Waals surface area contributed by atoms with Gasteiger partial charge in [0, 0.05) is 24.1 Å². The third-order valence-electron chi connectivity index (χ3n) is 4.41.